The molecule has 21 heavy (non-hydrogen) atoms. The summed E-state index contributed by atoms with van der Waals surface area (Å²) in [7, 11) is 0. The molecule has 0 amide bonds. The molecule has 2 atom stereocenters. The summed E-state index contributed by atoms with van der Waals surface area (Å²) in [5, 5.41) is 10.2. The molecule has 5 heteroatoms. The van der Waals surface area contributed by atoms with Gasteiger partial charge >= 0.3 is 5.97 Å². The number of likely N-dealkylation sites (tertiary alicyclic amines) is 1. The lowest BCUT2D eigenvalue weighted by molar-refractivity contribution is 0.0700. The highest BCUT2D eigenvalue weighted by atomic mass is 32.1. The number of carboxylic acid groups (broad SMARTS) is 1. The molecule has 1 aromatic heterocycles. The molecule has 0 bridgehead atoms. The Balaban J connectivity index is 2.02. The van der Waals surface area contributed by atoms with Crippen molar-refractivity contribution in [2.45, 2.75) is 71.4 Å². The summed E-state index contributed by atoms with van der Waals surface area (Å²) in [4.78, 5) is 18.8. The van der Waals surface area contributed by atoms with Crippen LogP contribution in [-0.2, 0) is 12.8 Å². The van der Waals surface area contributed by atoms with Crippen LogP contribution in [-0.4, -0.2) is 39.6 Å². The Morgan fingerprint density at radius 3 is 2.57 bits per heavy atom. The largest absolute Gasteiger partial charge is 0.477 e. The Morgan fingerprint density at radius 2 is 2.00 bits per heavy atom. The van der Waals surface area contributed by atoms with Gasteiger partial charge in [0, 0.05) is 25.0 Å². The Morgan fingerprint density at radius 1 is 1.33 bits per heavy atom. The van der Waals surface area contributed by atoms with Crippen molar-refractivity contribution >= 4 is 17.3 Å². The number of piperidine rings is 1. The summed E-state index contributed by atoms with van der Waals surface area (Å²) in [5.74, 6) is -0.832. The highest BCUT2D eigenvalue weighted by molar-refractivity contribution is 7.13. The fourth-order valence-electron chi connectivity index (χ4n) is 3.22. The number of nitrogens with zero attached hydrogens (tertiary/aromatic N) is 2. The van der Waals surface area contributed by atoms with E-state index in [-0.39, 0.29) is 0 Å². The Labute approximate surface area is 131 Å². The summed E-state index contributed by atoms with van der Waals surface area (Å²) >= 11 is 1.36. The topological polar surface area (TPSA) is 53.4 Å². The lowest BCUT2D eigenvalue weighted by Crippen LogP contribution is -2.44. The van der Waals surface area contributed by atoms with Crippen LogP contribution in [0.1, 0.15) is 66.8 Å². The maximum atomic E-state index is 11.3. The third-order valence-electron chi connectivity index (χ3n) is 4.38. The maximum Gasteiger partial charge on any atom is 0.347 e. The molecule has 0 saturated carbocycles. The van der Waals surface area contributed by atoms with E-state index in [9.17, 15) is 9.90 Å². The molecule has 0 radical (unpaired) electrons. The van der Waals surface area contributed by atoms with Crippen molar-refractivity contribution < 1.29 is 9.90 Å². The summed E-state index contributed by atoms with van der Waals surface area (Å²) in [6, 6.07) is 1.26. The van der Waals surface area contributed by atoms with E-state index < -0.39 is 5.97 Å². The number of hydrogen-bond donors (Lipinski definition) is 1. The average Bonchev–Trinajstić information content (AvgIpc) is 2.82. The zero-order chi connectivity index (χ0) is 15.4. The van der Waals surface area contributed by atoms with Crippen LogP contribution in [0.4, 0.5) is 0 Å². The predicted molar refractivity (Wildman–Crippen MR) is 86.3 cm³/mol. The monoisotopic (exact) mass is 310 g/mol. The van der Waals surface area contributed by atoms with Crippen LogP contribution >= 0.6 is 11.3 Å². The van der Waals surface area contributed by atoms with Crippen LogP contribution in [0.3, 0.4) is 0 Å². The molecule has 1 aromatic rings. The highest BCUT2D eigenvalue weighted by Crippen LogP contribution is 2.25. The quantitative estimate of drug-likeness (QED) is 0.872. The molecule has 0 aromatic carbocycles. The smallest absolute Gasteiger partial charge is 0.347 e. The van der Waals surface area contributed by atoms with Crippen molar-refractivity contribution in [3.05, 3.63) is 15.6 Å². The van der Waals surface area contributed by atoms with E-state index in [0.717, 1.165) is 36.5 Å². The van der Waals surface area contributed by atoms with Gasteiger partial charge < -0.3 is 5.11 Å². The van der Waals surface area contributed by atoms with E-state index >= 15 is 0 Å². The van der Waals surface area contributed by atoms with E-state index in [1.54, 1.807) is 0 Å². The summed E-state index contributed by atoms with van der Waals surface area (Å²) in [6.07, 6.45) is 6.41. The lowest BCUT2D eigenvalue weighted by Gasteiger charge is -2.38. The fourth-order valence-corrected chi connectivity index (χ4v) is 4.16. The SMILES string of the molecule is CCCc1nc(CCN2C(C)CCCC2C)sc1C(=O)O. The van der Waals surface area contributed by atoms with Crippen molar-refractivity contribution in [2.24, 2.45) is 0 Å². The van der Waals surface area contributed by atoms with Gasteiger partial charge in [0.15, 0.2) is 0 Å². The third kappa shape index (κ3) is 4.04. The molecule has 2 rings (SSSR count). The minimum absolute atomic E-state index is 0.437. The minimum Gasteiger partial charge on any atom is -0.477 e. The van der Waals surface area contributed by atoms with Gasteiger partial charge in [-0.05, 0) is 33.1 Å². The van der Waals surface area contributed by atoms with Crippen molar-refractivity contribution in [1.29, 1.82) is 0 Å². The molecule has 1 aliphatic rings. The zero-order valence-electron chi connectivity index (χ0n) is 13.3. The molecule has 1 aliphatic heterocycles. The zero-order valence-corrected chi connectivity index (χ0v) is 14.1. The van der Waals surface area contributed by atoms with Crippen LogP contribution in [0.5, 0.6) is 0 Å². The third-order valence-corrected chi connectivity index (χ3v) is 5.53. The lowest BCUT2D eigenvalue weighted by atomic mass is 9.97. The number of aryl methyl sites for hydroxylation is 1. The molecule has 4 nitrogen and oxygen atoms in total. The van der Waals surface area contributed by atoms with Crippen LogP contribution in [0, 0.1) is 0 Å². The van der Waals surface area contributed by atoms with Crippen molar-refractivity contribution in [1.82, 2.24) is 9.88 Å². The first-order valence-electron chi connectivity index (χ1n) is 8.00. The summed E-state index contributed by atoms with van der Waals surface area (Å²) in [5.41, 5.74) is 0.768. The van der Waals surface area contributed by atoms with Crippen molar-refractivity contribution in [3.8, 4) is 0 Å². The van der Waals surface area contributed by atoms with Crippen molar-refractivity contribution in [2.75, 3.05) is 6.54 Å². The first-order valence-corrected chi connectivity index (χ1v) is 8.82. The number of aromatic carboxylic acids is 1. The molecule has 1 saturated heterocycles. The van der Waals surface area contributed by atoms with Crippen LogP contribution < -0.4 is 0 Å². The number of hydrogen-bond acceptors (Lipinski definition) is 4. The molecule has 1 N–H and O–H groups in total. The molecule has 0 spiro atoms. The van der Waals surface area contributed by atoms with E-state index in [4.69, 9.17) is 0 Å². The van der Waals surface area contributed by atoms with Gasteiger partial charge in [0.05, 0.1) is 10.7 Å². The number of aromatic nitrogens is 1. The predicted octanol–water partition coefficient (Wildman–Crippen LogP) is 3.60. The second kappa shape index (κ2) is 7.36. The molecule has 2 unspecified atom stereocenters. The van der Waals surface area contributed by atoms with Gasteiger partial charge in [-0.2, -0.15) is 0 Å². The minimum atomic E-state index is -0.832. The number of carbonyl (C=O) groups is 1. The number of rotatable bonds is 6. The maximum absolute atomic E-state index is 11.3. The van der Waals surface area contributed by atoms with E-state index in [1.807, 2.05) is 0 Å². The molecule has 0 aliphatic carbocycles. The van der Waals surface area contributed by atoms with Crippen molar-refractivity contribution in [3.63, 3.8) is 0 Å². The normalized spacial score (nSPS) is 23.4. The van der Waals surface area contributed by atoms with E-state index in [2.05, 4.69) is 30.7 Å². The van der Waals surface area contributed by atoms with Crippen LogP contribution in [0.15, 0.2) is 0 Å². The fraction of sp³-hybridized carbons (Fsp3) is 0.750. The summed E-state index contributed by atoms with van der Waals surface area (Å²) in [6.45, 7) is 7.63. The van der Waals surface area contributed by atoms with Gasteiger partial charge in [-0.3, -0.25) is 4.90 Å². The average molecular weight is 310 g/mol. The van der Waals surface area contributed by atoms with Gasteiger partial charge in [0.2, 0.25) is 0 Å². The van der Waals surface area contributed by atoms with Crippen LogP contribution in [0.25, 0.3) is 0 Å². The molecule has 118 valence electrons. The molecular weight excluding hydrogens is 284 g/mol. The highest BCUT2D eigenvalue weighted by Gasteiger charge is 2.25. The Hall–Kier alpha value is -0.940. The summed E-state index contributed by atoms with van der Waals surface area (Å²) < 4.78 is 0. The Kier molecular flexibility index (Phi) is 5.76. The van der Waals surface area contributed by atoms with E-state index in [0.29, 0.717) is 17.0 Å². The van der Waals surface area contributed by atoms with Gasteiger partial charge in [-0.15, -0.1) is 11.3 Å². The molecule has 1 fully saturated rings. The Bertz CT molecular complexity index is 477. The first-order chi connectivity index (χ1) is 10.0. The van der Waals surface area contributed by atoms with E-state index in [1.165, 1.54) is 30.6 Å². The first kappa shape index (κ1) is 16.4. The number of carboxylic acids is 1. The second-order valence-electron chi connectivity index (χ2n) is 6.06. The standard InChI is InChI=1S/C16H26N2O2S/c1-4-6-13-15(16(19)20)21-14(17-13)9-10-18-11(2)7-5-8-12(18)3/h11-12H,4-10H2,1-3H3,(H,19,20). The van der Waals surface area contributed by atoms with Gasteiger partial charge in [-0.1, -0.05) is 19.8 Å². The number of thiazole rings is 1. The molecular formula is C16H26N2O2S. The van der Waals surface area contributed by atoms with Gasteiger partial charge in [0.1, 0.15) is 4.88 Å². The van der Waals surface area contributed by atoms with Gasteiger partial charge in [-0.25, -0.2) is 9.78 Å². The second-order valence-corrected chi connectivity index (χ2v) is 7.14. The molecule has 2 heterocycles. The van der Waals surface area contributed by atoms with Gasteiger partial charge in [0.25, 0.3) is 0 Å². The van der Waals surface area contributed by atoms with Crippen LogP contribution in [0.2, 0.25) is 0 Å².